The van der Waals surface area contributed by atoms with E-state index in [2.05, 4.69) is 4.98 Å². The summed E-state index contributed by atoms with van der Waals surface area (Å²) >= 11 is 0. The molecule has 1 saturated carbocycles. The molecule has 1 aromatic heterocycles. The molecular weight excluding hydrogens is 186 g/mol. The predicted octanol–water partition coefficient (Wildman–Crippen LogP) is 1.97. The fourth-order valence-electron chi connectivity index (χ4n) is 2.05. The summed E-state index contributed by atoms with van der Waals surface area (Å²) < 4.78 is 25.5. The van der Waals surface area contributed by atoms with Gasteiger partial charge >= 0.3 is 0 Å². The van der Waals surface area contributed by atoms with E-state index in [1.54, 1.807) is 12.3 Å². The second-order valence-corrected chi connectivity index (χ2v) is 4.03. The summed E-state index contributed by atoms with van der Waals surface area (Å²) in [5.74, 6) is -2.61. The van der Waals surface area contributed by atoms with Crippen molar-refractivity contribution in [2.45, 2.75) is 31.2 Å². The minimum Gasteiger partial charge on any atom is -0.320 e. The molecule has 1 heterocycles. The molecule has 0 atom stereocenters. The molecule has 2 rings (SSSR count). The topological polar surface area (TPSA) is 38.9 Å². The summed E-state index contributed by atoms with van der Waals surface area (Å²) in [4.78, 5) is 4.08. The van der Waals surface area contributed by atoms with E-state index in [-0.39, 0.29) is 12.8 Å². The molecule has 2 nitrogen and oxygen atoms in total. The lowest BCUT2D eigenvalue weighted by Gasteiger charge is -2.44. The highest BCUT2D eigenvalue weighted by molar-refractivity contribution is 5.29. The van der Waals surface area contributed by atoms with Crippen LogP contribution in [0.3, 0.4) is 0 Å². The van der Waals surface area contributed by atoms with Crippen LogP contribution >= 0.6 is 0 Å². The molecular formula is C10H12F2N2. The first-order valence-electron chi connectivity index (χ1n) is 4.52. The van der Waals surface area contributed by atoms with E-state index in [1.165, 1.54) is 0 Å². The number of nitrogens with zero attached hydrogens (tertiary/aromatic N) is 1. The van der Waals surface area contributed by atoms with Crippen molar-refractivity contribution in [3.05, 3.63) is 29.6 Å². The second-order valence-electron chi connectivity index (χ2n) is 4.03. The van der Waals surface area contributed by atoms with Crippen LogP contribution in [0, 0.1) is 6.92 Å². The molecule has 1 aliphatic carbocycles. The molecule has 0 radical (unpaired) electrons. The smallest absolute Gasteiger partial charge is 0.252 e. The van der Waals surface area contributed by atoms with Gasteiger partial charge in [-0.25, -0.2) is 8.78 Å². The molecule has 0 aliphatic heterocycles. The Bertz CT molecular complexity index is 355. The molecule has 0 bridgehead atoms. The number of aromatic nitrogens is 1. The van der Waals surface area contributed by atoms with Gasteiger partial charge in [-0.05, 0) is 18.6 Å². The van der Waals surface area contributed by atoms with Gasteiger partial charge in [-0.1, -0.05) is 6.07 Å². The SMILES string of the molecule is Cc1cccnc1C1(N)CC(F)(F)C1. The zero-order valence-corrected chi connectivity index (χ0v) is 7.93. The maximum Gasteiger partial charge on any atom is 0.252 e. The first-order valence-corrected chi connectivity index (χ1v) is 4.52. The van der Waals surface area contributed by atoms with E-state index in [0.29, 0.717) is 5.69 Å². The van der Waals surface area contributed by atoms with Gasteiger partial charge in [0.05, 0.1) is 11.2 Å². The van der Waals surface area contributed by atoms with E-state index < -0.39 is 11.5 Å². The molecule has 0 saturated heterocycles. The van der Waals surface area contributed by atoms with Crippen LogP contribution in [0.1, 0.15) is 24.1 Å². The van der Waals surface area contributed by atoms with Crippen LogP contribution in [-0.4, -0.2) is 10.9 Å². The van der Waals surface area contributed by atoms with Crippen molar-refractivity contribution in [2.24, 2.45) is 5.73 Å². The molecule has 2 N–H and O–H groups in total. The molecule has 76 valence electrons. The Morgan fingerprint density at radius 2 is 2.07 bits per heavy atom. The van der Waals surface area contributed by atoms with Crippen LogP contribution in [0.5, 0.6) is 0 Å². The van der Waals surface area contributed by atoms with Gasteiger partial charge in [0.15, 0.2) is 0 Å². The summed E-state index contributed by atoms with van der Waals surface area (Å²) in [6, 6.07) is 3.62. The lowest BCUT2D eigenvalue weighted by atomic mass is 9.71. The van der Waals surface area contributed by atoms with Crippen LogP contribution in [0.4, 0.5) is 8.78 Å². The summed E-state index contributed by atoms with van der Waals surface area (Å²) in [6.45, 7) is 1.84. The van der Waals surface area contributed by atoms with Crippen LogP contribution in [0.15, 0.2) is 18.3 Å². The van der Waals surface area contributed by atoms with E-state index in [0.717, 1.165) is 5.56 Å². The molecule has 0 aromatic carbocycles. The second kappa shape index (κ2) is 2.73. The van der Waals surface area contributed by atoms with Crippen molar-refractivity contribution in [3.63, 3.8) is 0 Å². The van der Waals surface area contributed by atoms with Crippen LogP contribution < -0.4 is 5.73 Å². The third-order valence-corrected chi connectivity index (χ3v) is 2.63. The van der Waals surface area contributed by atoms with Gasteiger partial charge < -0.3 is 5.73 Å². The highest BCUT2D eigenvalue weighted by Crippen LogP contribution is 2.49. The largest absolute Gasteiger partial charge is 0.320 e. The van der Waals surface area contributed by atoms with Crippen LogP contribution in [-0.2, 0) is 5.54 Å². The number of pyridine rings is 1. The number of aryl methyl sites for hydroxylation is 1. The van der Waals surface area contributed by atoms with E-state index in [1.807, 2.05) is 13.0 Å². The average Bonchev–Trinajstić information content (AvgIpc) is 2.00. The van der Waals surface area contributed by atoms with Crippen molar-refractivity contribution in [3.8, 4) is 0 Å². The maximum absolute atomic E-state index is 12.7. The van der Waals surface area contributed by atoms with Crippen molar-refractivity contribution in [1.29, 1.82) is 0 Å². The summed E-state index contributed by atoms with van der Waals surface area (Å²) in [6.07, 6.45) is 1.00. The summed E-state index contributed by atoms with van der Waals surface area (Å²) in [7, 11) is 0. The Balaban J connectivity index is 2.30. The predicted molar refractivity (Wildman–Crippen MR) is 49.0 cm³/mol. The summed E-state index contributed by atoms with van der Waals surface area (Å²) in [5, 5.41) is 0. The number of nitrogens with two attached hydrogens (primary N) is 1. The molecule has 0 spiro atoms. The zero-order chi connectivity index (χ0) is 10.4. The molecule has 1 aliphatic rings. The summed E-state index contributed by atoms with van der Waals surface area (Å²) in [5.41, 5.74) is 6.42. The van der Waals surface area contributed by atoms with E-state index in [4.69, 9.17) is 5.73 Å². The third-order valence-electron chi connectivity index (χ3n) is 2.63. The number of rotatable bonds is 1. The van der Waals surface area contributed by atoms with Gasteiger partial charge in [0, 0.05) is 19.0 Å². The lowest BCUT2D eigenvalue weighted by Crippen LogP contribution is -2.56. The lowest BCUT2D eigenvalue weighted by molar-refractivity contribution is -0.126. The standard InChI is InChI=1S/C10H12F2N2/c1-7-3-2-4-14-8(7)9(13)5-10(11,12)6-9/h2-4H,5-6,13H2,1H3. The Hall–Kier alpha value is -1.03. The molecule has 4 heteroatoms. The minimum atomic E-state index is -2.61. The number of halogens is 2. The third kappa shape index (κ3) is 1.39. The fraction of sp³-hybridized carbons (Fsp3) is 0.500. The molecule has 0 unspecified atom stereocenters. The van der Waals surface area contributed by atoms with Gasteiger partial charge in [0.25, 0.3) is 5.92 Å². The van der Waals surface area contributed by atoms with Crippen molar-refractivity contribution < 1.29 is 8.78 Å². The maximum atomic E-state index is 12.7. The van der Waals surface area contributed by atoms with Gasteiger partial charge in [-0.15, -0.1) is 0 Å². The van der Waals surface area contributed by atoms with Gasteiger partial charge in [-0.2, -0.15) is 0 Å². The highest BCUT2D eigenvalue weighted by Gasteiger charge is 2.56. The van der Waals surface area contributed by atoms with Crippen molar-refractivity contribution in [2.75, 3.05) is 0 Å². The zero-order valence-electron chi connectivity index (χ0n) is 7.93. The molecule has 1 aromatic rings. The Morgan fingerprint density at radius 1 is 1.43 bits per heavy atom. The van der Waals surface area contributed by atoms with Gasteiger partial charge in [0.2, 0.25) is 0 Å². The van der Waals surface area contributed by atoms with Crippen LogP contribution in [0.2, 0.25) is 0 Å². The minimum absolute atomic E-state index is 0.294. The Labute approximate surface area is 81.1 Å². The van der Waals surface area contributed by atoms with E-state index in [9.17, 15) is 8.78 Å². The first kappa shape index (κ1) is 9.52. The first-order chi connectivity index (χ1) is 6.43. The van der Waals surface area contributed by atoms with E-state index >= 15 is 0 Å². The van der Waals surface area contributed by atoms with Crippen molar-refractivity contribution >= 4 is 0 Å². The van der Waals surface area contributed by atoms with Crippen LogP contribution in [0.25, 0.3) is 0 Å². The molecule has 1 fully saturated rings. The molecule has 14 heavy (non-hydrogen) atoms. The van der Waals surface area contributed by atoms with Gasteiger partial charge in [0.1, 0.15) is 0 Å². The monoisotopic (exact) mass is 198 g/mol. The Kier molecular flexibility index (Phi) is 1.86. The van der Waals surface area contributed by atoms with Gasteiger partial charge in [-0.3, -0.25) is 4.98 Å². The normalized spacial score (nSPS) is 22.9. The number of hydrogen-bond donors (Lipinski definition) is 1. The quantitative estimate of drug-likeness (QED) is 0.749. The fourth-order valence-corrected chi connectivity index (χ4v) is 2.05. The van der Waals surface area contributed by atoms with Crippen molar-refractivity contribution in [1.82, 2.24) is 4.98 Å². The average molecular weight is 198 g/mol. The number of hydrogen-bond acceptors (Lipinski definition) is 2. The molecule has 0 amide bonds. The Morgan fingerprint density at radius 3 is 2.57 bits per heavy atom. The number of alkyl halides is 2. The highest BCUT2D eigenvalue weighted by atomic mass is 19.3.